The fraction of sp³-hybridized carbons (Fsp3) is 0.250. The summed E-state index contributed by atoms with van der Waals surface area (Å²) in [4.78, 5) is 24.7. The number of fused-ring (bicyclic) bond motifs is 1. The molecule has 3 heterocycles. The van der Waals surface area contributed by atoms with Crippen LogP contribution in [0.5, 0.6) is 0 Å². The van der Waals surface area contributed by atoms with Gasteiger partial charge in [0.25, 0.3) is 5.91 Å². The molecule has 4 rings (SSSR count). The Morgan fingerprint density at radius 2 is 1.88 bits per heavy atom. The standard InChI is InChI=1S/C20H18ClN3OS/c21-15-3-5-16(6-4-15)26-17-7-10-24(11-8-17)20(25)18-13-22-12-14-2-1-9-23-19(14)18/h1-6,9,12-13,17H,7-8,10-11H2. The van der Waals surface area contributed by atoms with Crippen LogP contribution in [0.4, 0.5) is 0 Å². The summed E-state index contributed by atoms with van der Waals surface area (Å²) in [6.07, 6.45) is 7.05. The maximum absolute atomic E-state index is 12.9. The summed E-state index contributed by atoms with van der Waals surface area (Å²) in [5.74, 6) is 0.0248. The van der Waals surface area contributed by atoms with Gasteiger partial charge in [0.15, 0.2) is 0 Å². The molecule has 0 unspecified atom stereocenters. The highest BCUT2D eigenvalue weighted by atomic mass is 35.5. The Morgan fingerprint density at radius 1 is 1.12 bits per heavy atom. The molecule has 1 aliphatic heterocycles. The van der Waals surface area contributed by atoms with Gasteiger partial charge >= 0.3 is 0 Å². The van der Waals surface area contributed by atoms with E-state index in [1.165, 1.54) is 4.90 Å². The van der Waals surface area contributed by atoms with E-state index >= 15 is 0 Å². The van der Waals surface area contributed by atoms with E-state index in [2.05, 4.69) is 22.1 Å². The quantitative estimate of drug-likeness (QED) is 0.658. The van der Waals surface area contributed by atoms with E-state index in [9.17, 15) is 4.79 Å². The number of thioether (sulfide) groups is 1. The van der Waals surface area contributed by atoms with Crippen molar-refractivity contribution in [3.63, 3.8) is 0 Å². The van der Waals surface area contributed by atoms with Gasteiger partial charge in [-0.25, -0.2) is 0 Å². The average molecular weight is 384 g/mol. The van der Waals surface area contributed by atoms with Crippen LogP contribution in [0.2, 0.25) is 5.02 Å². The maximum Gasteiger partial charge on any atom is 0.257 e. The Hall–Kier alpha value is -2.11. The predicted molar refractivity (Wildman–Crippen MR) is 106 cm³/mol. The molecule has 4 nitrogen and oxygen atoms in total. The van der Waals surface area contributed by atoms with Gasteiger partial charge in [-0.15, -0.1) is 11.8 Å². The van der Waals surface area contributed by atoms with Crippen LogP contribution in [-0.2, 0) is 0 Å². The Morgan fingerprint density at radius 3 is 2.65 bits per heavy atom. The van der Waals surface area contributed by atoms with Gasteiger partial charge in [0.1, 0.15) is 0 Å². The first-order valence-corrected chi connectivity index (χ1v) is 9.87. The van der Waals surface area contributed by atoms with Crippen molar-refractivity contribution in [2.75, 3.05) is 13.1 Å². The molecule has 0 N–H and O–H groups in total. The molecule has 6 heteroatoms. The maximum atomic E-state index is 12.9. The predicted octanol–water partition coefficient (Wildman–Crippen LogP) is 4.68. The molecule has 1 saturated heterocycles. The van der Waals surface area contributed by atoms with Crippen molar-refractivity contribution in [1.82, 2.24) is 14.9 Å². The van der Waals surface area contributed by atoms with Crippen LogP contribution in [0.3, 0.4) is 0 Å². The van der Waals surface area contributed by atoms with Crippen LogP contribution < -0.4 is 0 Å². The van der Waals surface area contributed by atoms with Crippen molar-refractivity contribution in [3.05, 3.63) is 65.6 Å². The lowest BCUT2D eigenvalue weighted by atomic mass is 10.1. The van der Waals surface area contributed by atoms with E-state index in [0.717, 1.165) is 41.9 Å². The van der Waals surface area contributed by atoms with Crippen LogP contribution in [0.25, 0.3) is 10.9 Å². The van der Waals surface area contributed by atoms with Crippen LogP contribution in [-0.4, -0.2) is 39.1 Å². The third-order valence-electron chi connectivity index (χ3n) is 4.59. The fourth-order valence-corrected chi connectivity index (χ4v) is 4.46. The normalized spacial score (nSPS) is 15.3. The largest absolute Gasteiger partial charge is 0.338 e. The molecule has 1 aromatic carbocycles. The van der Waals surface area contributed by atoms with Gasteiger partial charge < -0.3 is 4.90 Å². The molecule has 3 aromatic rings. The average Bonchev–Trinajstić information content (AvgIpc) is 2.69. The van der Waals surface area contributed by atoms with E-state index < -0.39 is 0 Å². The zero-order valence-corrected chi connectivity index (χ0v) is 15.7. The second kappa shape index (κ2) is 7.64. The Bertz CT molecular complexity index is 918. The topological polar surface area (TPSA) is 46.1 Å². The summed E-state index contributed by atoms with van der Waals surface area (Å²) < 4.78 is 0. The number of benzene rings is 1. The fourth-order valence-electron chi connectivity index (χ4n) is 3.21. The number of piperidine rings is 1. The number of hydrogen-bond acceptors (Lipinski definition) is 4. The Labute approximate surface area is 161 Å². The van der Waals surface area contributed by atoms with E-state index in [4.69, 9.17) is 11.6 Å². The molecule has 0 saturated carbocycles. The Balaban J connectivity index is 1.42. The zero-order valence-electron chi connectivity index (χ0n) is 14.1. The first-order valence-electron chi connectivity index (χ1n) is 8.61. The number of carbonyl (C=O) groups is 1. The van der Waals surface area contributed by atoms with Gasteiger partial charge in [-0.3, -0.25) is 14.8 Å². The third-order valence-corrected chi connectivity index (χ3v) is 6.19. The lowest BCUT2D eigenvalue weighted by molar-refractivity contribution is 0.0729. The summed E-state index contributed by atoms with van der Waals surface area (Å²) in [6.45, 7) is 1.51. The van der Waals surface area contributed by atoms with Gasteiger partial charge in [0.05, 0.1) is 11.1 Å². The zero-order chi connectivity index (χ0) is 17.9. The highest BCUT2D eigenvalue weighted by Crippen LogP contribution is 2.31. The molecular weight excluding hydrogens is 366 g/mol. The molecule has 26 heavy (non-hydrogen) atoms. The molecule has 0 bridgehead atoms. The molecule has 0 spiro atoms. The van der Waals surface area contributed by atoms with Crippen molar-refractivity contribution in [3.8, 4) is 0 Å². The van der Waals surface area contributed by atoms with Gasteiger partial charge in [0, 0.05) is 52.2 Å². The minimum atomic E-state index is 0.0248. The molecular formula is C20H18ClN3OS. The third kappa shape index (κ3) is 3.69. The first-order chi connectivity index (χ1) is 12.7. The molecule has 1 amide bonds. The van der Waals surface area contributed by atoms with Gasteiger partial charge in [-0.2, -0.15) is 0 Å². The smallest absolute Gasteiger partial charge is 0.257 e. The van der Waals surface area contributed by atoms with E-state index in [-0.39, 0.29) is 5.91 Å². The van der Waals surface area contributed by atoms with E-state index in [1.807, 2.05) is 40.9 Å². The molecule has 1 fully saturated rings. The minimum absolute atomic E-state index is 0.0248. The van der Waals surface area contributed by atoms with Crippen molar-refractivity contribution >= 4 is 40.2 Å². The SMILES string of the molecule is O=C(c1cncc2cccnc12)N1CCC(Sc2ccc(Cl)cc2)CC1. The first kappa shape index (κ1) is 17.3. The van der Waals surface area contributed by atoms with Crippen LogP contribution in [0.15, 0.2) is 59.9 Å². The van der Waals surface area contributed by atoms with Crippen molar-refractivity contribution in [1.29, 1.82) is 0 Å². The van der Waals surface area contributed by atoms with Crippen molar-refractivity contribution < 1.29 is 4.79 Å². The van der Waals surface area contributed by atoms with Crippen molar-refractivity contribution in [2.45, 2.75) is 23.0 Å². The van der Waals surface area contributed by atoms with Gasteiger partial charge in [-0.1, -0.05) is 11.6 Å². The van der Waals surface area contributed by atoms with Crippen LogP contribution in [0.1, 0.15) is 23.2 Å². The summed E-state index contributed by atoms with van der Waals surface area (Å²) in [7, 11) is 0. The molecule has 1 aliphatic rings. The molecule has 2 aromatic heterocycles. The number of likely N-dealkylation sites (tertiary alicyclic amines) is 1. The number of nitrogens with zero attached hydrogens (tertiary/aromatic N) is 3. The highest BCUT2D eigenvalue weighted by Gasteiger charge is 2.25. The molecule has 132 valence electrons. The second-order valence-electron chi connectivity index (χ2n) is 6.33. The number of rotatable bonds is 3. The minimum Gasteiger partial charge on any atom is -0.338 e. The van der Waals surface area contributed by atoms with Gasteiger partial charge in [0.2, 0.25) is 0 Å². The lowest BCUT2D eigenvalue weighted by Crippen LogP contribution is -2.39. The number of amides is 1. The monoisotopic (exact) mass is 383 g/mol. The van der Waals surface area contributed by atoms with Gasteiger partial charge in [-0.05, 0) is 49.2 Å². The second-order valence-corrected chi connectivity index (χ2v) is 8.14. The van der Waals surface area contributed by atoms with E-state index in [0.29, 0.717) is 10.8 Å². The number of aromatic nitrogens is 2. The van der Waals surface area contributed by atoms with Crippen LogP contribution >= 0.6 is 23.4 Å². The highest BCUT2D eigenvalue weighted by molar-refractivity contribution is 8.00. The number of carbonyl (C=O) groups excluding carboxylic acids is 1. The number of hydrogen-bond donors (Lipinski definition) is 0. The van der Waals surface area contributed by atoms with Crippen LogP contribution in [0, 0.1) is 0 Å². The van der Waals surface area contributed by atoms with E-state index in [1.54, 1.807) is 18.6 Å². The number of pyridine rings is 2. The van der Waals surface area contributed by atoms with Crippen molar-refractivity contribution in [2.24, 2.45) is 0 Å². The lowest BCUT2D eigenvalue weighted by Gasteiger charge is -2.31. The molecule has 0 atom stereocenters. The molecule has 0 aliphatic carbocycles. The summed E-state index contributed by atoms with van der Waals surface area (Å²) >= 11 is 7.81. The Kier molecular flexibility index (Phi) is 5.09. The molecule has 0 radical (unpaired) electrons. The summed E-state index contributed by atoms with van der Waals surface area (Å²) in [5.41, 5.74) is 1.32. The summed E-state index contributed by atoms with van der Waals surface area (Å²) in [6, 6.07) is 11.7. The summed E-state index contributed by atoms with van der Waals surface area (Å²) in [5, 5.41) is 2.17. The number of halogens is 1.